The van der Waals surface area contributed by atoms with Gasteiger partial charge in [0.15, 0.2) is 0 Å². The fourth-order valence-electron chi connectivity index (χ4n) is 2.38. The first-order valence-corrected chi connectivity index (χ1v) is 8.57. The molecule has 2 amide bonds. The van der Waals surface area contributed by atoms with E-state index < -0.39 is 11.7 Å². The maximum atomic E-state index is 12.6. The van der Waals surface area contributed by atoms with Crippen LogP contribution in [0.1, 0.15) is 37.6 Å². The lowest BCUT2D eigenvalue weighted by Crippen LogP contribution is -2.41. The Hall–Kier alpha value is -1.27. The van der Waals surface area contributed by atoms with Crippen LogP contribution in [0.5, 0.6) is 0 Å². The van der Waals surface area contributed by atoms with Crippen molar-refractivity contribution in [3.63, 3.8) is 0 Å². The molecule has 1 saturated heterocycles. The van der Waals surface area contributed by atoms with E-state index in [1.54, 1.807) is 23.1 Å². The Bertz CT molecular complexity index is 616. The average molecular weight is 404 g/mol. The lowest BCUT2D eigenvalue weighted by Gasteiger charge is -2.22. The molecule has 1 heterocycles. The van der Waals surface area contributed by atoms with Crippen molar-refractivity contribution in [2.24, 2.45) is 0 Å². The van der Waals surface area contributed by atoms with E-state index >= 15 is 0 Å². The predicted octanol–water partition coefficient (Wildman–Crippen LogP) is 3.84. The van der Waals surface area contributed by atoms with Crippen molar-refractivity contribution in [1.29, 1.82) is 0 Å². The van der Waals surface area contributed by atoms with E-state index in [1.165, 1.54) is 0 Å². The Morgan fingerprint density at radius 3 is 2.74 bits per heavy atom. The van der Waals surface area contributed by atoms with Gasteiger partial charge in [-0.25, -0.2) is 4.79 Å². The highest BCUT2D eigenvalue weighted by molar-refractivity contribution is 9.10. The van der Waals surface area contributed by atoms with Gasteiger partial charge in [0, 0.05) is 17.6 Å². The Balaban J connectivity index is 1.96. The number of amides is 2. The van der Waals surface area contributed by atoms with Crippen LogP contribution in [0.2, 0.25) is 5.02 Å². The quantitative estimate of drug-likeness (QED) is 0.816. The largest absolute Gasteiger partial charge is 0.444 e. The fourth-order valence-corrected chi connectivity index (χ4v) is 2.98. The van der Waals surface area contributed by atoms with Crippen molar-refractivity contribution < 1.29 is 14.3 Å². The lowest BCUT2D eigenvalue weighted by atomic mass is 10.2. The average Bonchev–Trinajstić information content (AvgIpc) is 2.87. The molecule has 1 aliphatic heterocycles. The topological polar surface area (TPSA) is 58.6 Å². The van der Waals surface area contributed by atoms with E-state index in [0.717, 1.165) is 0 Å². The van der Waals surface area contributed by atoms with Gasteiger partial charge in [-0.15, -0.1) is 0 Å². The van der Waals surface area contributed by atoms with Gasteiger partial charge in [0.05, 0.1) is 16.6 Å². The summed E-state index contributed by atoms with van der Waals surface area (Å²) in [5.41, 5.74) is -0.0143. The Morgan fingerprint density at radius 2 is 2.09 bits per heavy atom. The highest BCUT2D eigenvalue weighted by Gasteiger charge is 2.30. The first-order chi connectivity index (χ1) is 10.7. The standard InChI is InChI=1S/C16H20BrClN2O3/c1-16(2,3)23-15(22)19-10-7-8-20(9-10)14(21)11-5-4-6-12(18)13(11)17/h4-6,10H,7-9H2,1-3H3,(H,19,22). The molecule has 1 unspecified atom stereocenters. The summed E-state index contributed by atoms with van der Waals surface area (Å²) < 4.78 is 5.83. The summed E-state index contributed by atoms with van der Waals surface area (Å²) in [4.78, 5) is 26.1. The molecular formula is C16H20BrClN2O3. The number of nitrogens with zero attached hydrogens (tertiary/aromatic N) is 1. The molecule has 5 nitrogen and oxygen atoms in total. The molecule has 126 valence electrons. The van der Waals surface area contributed by atoms with E-state index in [4.69, 9.17) is 16.3 Å². The van der Waals surface area contributed by atoms with Gasteiger partial charge in [-0.3, -0.25) is 4.79 Å². The number of likely N-dealkylation sites (tertiary alicyclic amines) is 1. The summed E-state index contributed by atoms with van der Waals surface area (Å²) in [6.45, 7) is 6.48. The number of carbonyl (C=O) groups excluding carboxylic acids is 2. The van der Waals surface area contributed by atoms with Crippen molar-refractivity contribution in [2.75, 3.05) is 13.1 Å². The lowest BCUT2D eigenvalue weighted by molar-refractivity contribution is 0.0502. The summed E-state index contributed by atoms with van der Waals surface area (Å²) in [6.07, 6.45) is 0.240. The van der Waals surface area contributed by atoms with Gasteiger partial charge in [-0.1, -0.05) is 17.7 Å². The molecule has 1 aromatic carbocycles. The van der Waals surface area contributed by atoms with Crippen molar-refractivity contribution in [1.82, 2.24) is 10.2 Å². The minimum absolute atomic E-state index is 0.104. The first kappa shape index (κ1) is 18.1. The second-order valence-electron chi connectivity index (χ2n) is 6.48. The van der Waals surface area contributed by atoms with Crippen LogP contribution in [0.3, 0.4) is 0 Å². The van der Waals surface area contributed by atoms with Crippen LogP contribution in [0.4, 0.5) is 4.79 Å². The minimum atomic E-state index is -0.538. The van der Waals surface area contributed by atoms with Crippen LogP contribution >= 0.6 is 27.5 Å². The molecule has 2 rings (SSSR count). The van der Waals surface area contributed by atoms with Gasteiger partial charge >= 0.3 is 6.09 Å². The molecule has 0 aliphatic carbocycles. The maximum Gasteiger partial charge on any atom is 0.407 e. The van der Waals surface area contributed by atoms with Crippen molar-refractivity contribution in [3.8, 4) is 0 Å². The maximum absolute atomic E-state index is 12.6. The summed E-state index contributed by atoms with van der Waals surface area (Å²) in [5.74, 6) is -0.104. The number of nitrogens with one attached hydrogen (secondary N) is 1. The zero-order valence-electron chi connectivity index (χ0n) is 13.4. The third-order valence-electron chi connectivity index (χ3n) is 3.38. The third kappa shape index (κ3) is 4.85. The number of benzene rings is 1. The molecule has 0 aromatic heterocycles. The van der Waals surface area contributed by atoms with Crippen LogP contribution in [0.25, 0.3) is 0 Å². The number of ether oxygens (including phenoxy) is 1. The molecule has 1 atom stereocenters. The smallest absolute Gasteiger partial charge is 0.407 e. The number of halogens is 2. The summed E-state index contributed by atoms with van der Waals surface area (Å²) in [7, 11) is 0. The van der Waals surface area contributed by atoms with Gasteiger partial charge in [-0.05, 0) is 55.3 Å². The molecule has 0 spiro atoms. The van der Waals surface area contributed by atoms with E-state index in [0.29, 0.717) is 34.6 Å². The second-order valence-corrected chi connectivity index (χ2v) is 7.68. The van der Waals surface area contributed by atoms with E-state index in [9.17, 15) is 9.59 Å². The van der Waals surface area contributed by atoms with Crippen LogP contribution in [0.15, 0.2) is 22.7 Å². The monoisotopic (exact) mass is 402 g/mol. The van der Waals surface area contributed by atoms with Crippen LogP contribution in [-0.2, 0) is 4.74 Å². The van der Waals surface area contributed by atoms with Crippen molar-refractivity contribution in [3.05, 3.63) is 33.3 Å². The van der Waals surface area contributed by atoms with E-state index in [1.807, 2.05) is 20.8 Å². The zero-order chi connectivity index (χ0) is 17.2. The Morgan fingerprint density at radius 1 is 1.39 bits per heavy atom. The number of hydrogen-bond donors (Lipinski definition) is 1. The van der Waals surface area contributed by atoms with Gasteiger partial charge in [0.25, 0.3) is 5.91 Å². The molecule has 1 fully saturated rings. The summed E-state index contributed by atoms with van der Waals surface area (Å²) in [6, 6.07) is 5.09. The molecule has 1 aliphatic rings. The molecule has 1 aromatic rings. The molecule has 1 N–H and O–H groups in total. The van der Waals surface area contributed by atoms with Crippen LogP contribution in [-0.4, -0.2) is 41.6 Å². The predicted molar refractivity (Wildman–Crippen MR) is 92.8 cm³/mol. The van der Waals surface area contributed by atoms with Gasteiger partial charge in [0.2, 0.25) is 0 Å². The number of carbonyl (C=O) groups is 2. The third-order valence-corrected chi connectivity index (χ3v) is 4.78. The molecule has 0 saturated carbocycles. The second kappa shape index (κ2) is 7.09. The molecule has 0 bridgehead atoms. The number of alkyl carbamates (subject to hydrolysis) is 1. The molecule has 7 heteroatoms. The summed E-state index contributed by atoms with van der Waals surface area (Å²) >= 11 is 9.38. The number of rotatable bonds is 2. The SMILES string of the molecule is CC(C)(C)OC(=O)NC1CCN(C(=O)c2cccc(Cl)c2Br)C1. The molecule has 0 radical (unpaired) electrons. The highest BCUT2D eigenvalue weighted by atomic mass is 79.9. The van der Waals surface area contributed by atoms with E-state index in [2.05, 4.69) is 21.2 Å². The molecular weight excluding hydrogens is 384 g/mol. The van der Waals surface area contributed by atoms with Gasteiger partial charge < -0.3 is 15.0 Å². The normalized spacial score (nSPS) is 18.0. The highest BCUT2D eigenvalue weighted by Crippen LogP contribution is 2.28. The van der Waals surface area contributed by atoms with E-state index in [-0.39, 0.29) is 11.9 Å². The first-order valence-electron chi connectivity index (χ1n) is 7.40. The zero-order valence-corrected chi connectivity index (χ0v) is 15.7. The summed E-state index contributed by atoms with van der Waals surface area (Å²) in [5, 5.41) is 3.30. The Kier molecular flexibility index (Phi) is 5.57. The van der Waals surface area contributed by atoms with Crippen LogP contribution < -0.4 is 5.32 Å². The van der Waals surface area contributed by atoms with Crippen molar-refractivity contribution in [2.45, 2.75) is 38.8 Å². The minimum Gasteiger partial charge on any atom is -0.444 e. The van der Waals surface area contributed by atoms with Crippen molar-refractivity contribution >= 4 is 39.5 Å². The molecule has 23 heavy (non-hydrogen) atoms. The van der Waals surface area contributed by atoms with Gasteiger partial charge in [0.1, 0.15) is 5.60 Å². The Labute approximate surface area is 149 Å². The fraction of sp³-hybridized carbons (Fsp3) is 0.500. The number of hydrogen-bond acceptors (Lipinski definition) is 3. The van der Waals surface area contributed by atoms with Gasteiger partial charge in [-0.2, -0.15) is 0 Å². The van der Waals surface area contributed by atoms with Crippen LogP contribution in [0, 0.1) is 0 Å².